The molecule has 0 aromatic carbocycles. The molecule has 0 aliphatic carbocycles. The second-order valence-corrected chi connectivity index (χ2v) is 3.58. The number of hydrogen-bond acceptors (Lipinski definition) is 0. The van der Waals surface area contributed by atoms with Crippen molar-refractivity contribution in [2.24, 2.45) is 5.41 Å². The smallest absolute Gasteiger partial charge is 0.0104 e. The Morgan fingerprint density at radius 2 is 1.25 bits per heavy atom. The van der Waals surface area contributed by atoms with Gasteiger partial charge in [-0.25, -0.2) is 0 Å². The van der Waals surface area contributed by atoms with Crippen LogP contribution in [0.15, 0.2) is 0 Å². The lowest BCUT2D eigenvalue weighted by Crippen LogP contribution is -2.21. The van der Waals surface area contributed by atoms with E-state index in [1.807, 2.05) is 0 Å². The fourth-order valence-corrected chi connectivity index (χ4v) is 2.89. The maximum Gasteiger partial charge on any atom is 0.0104 e. The summed E-state index contributed by atoms with van der Waals surface area (Å²) in [6.45, 7) is 3.98. The van der Waals surface area contributed by atoms with Crippen LogP contribution in [-0.2, 0) is 0 Å². The maximum absolute atomic E-state index is 3.98. The Morgan fingerprint density at radius 1 is 1.00 bits per heavy atom. The van der Waals surface area contributed by atoms with E-state index in [2.05, 4.69) is 54.7 Å². The van der Waals surface area contributed by atoms with Crippen LogP contribution in [0.5, 0.6) is 0 Å². The topological polar surface area (TPSA) is 0 Å². The molecule has 0 saturated carbocycles. The number of rotatable bonds is 3. The highest BCUT2D eigenvalue weighted by molar-refractivity contribution is 9.10. The van der Waals surface area contributed by atoms with Gasteiger partial charge in [0.25, 0.3) is 0 Å². The van der Waals surface area contributed by atoms with Gasteiger partial charge in [-0.1, -0.05) is 47.8 Å². The zero-order valence-corrected chi connectivity index (χ0v) is 9.22. The van der Waals surface area contributed by atoms with E-state index in [0.29, 0.717) is 0 Å². The zero-order chi connectivity index (χ0) is 6.62. The molecule has 0 aromatic heterocycles. The molecule has 3 heteroatoms. The minimum absolute atomic E-state index is 0.125. The Kier molecular flexibility index (Phi) is 5.06. The molecule has 0 amide bonds. The molecule has 0 N–H and O–H groups in total. The Labute approximate surface area is 75.8 Å². The summed E-state index contributed by atoms with van der Waals surface area (Å²) < 4.78 is 0. The van der Waals surface area contributed by atoms with Gasteiger partial charge in [-0.2, -0.15) is 0 Å². The molecule has 1 radical (unpaired) electrons. The molecule has 0 rings (SSSR count). The van der Waals surface area contributed by atoms with Crippen LogP contribution in [0.4, 0.5) is 0 Å². The SMILES string of the molecule is [CH2]C(CBr)(CBr)CBr. The Hall–Kier alpha value is 1.44. The van der Waals surface area contributed by atoms with Gasteiger partial charge in [0.05, 0.1) is 0 Å². The Balaban J connectivity index is 3.58. The average Bonchev–Trinajstić information content (AvgIpc) is 1.87. The van der Waals surface area contributed by atoms with E-state index < -0.39 is 0 Å². The normalized spacial score (nSPS) is 12.0. The highest BCUT2D eigenvalue weighted by Gasteiger charge is 2.18. The van der Waals surface area contributed by atoms with E-state index in [1.54, 1.807) is 0 Å². The highest BCUT2D eigenvalue weighted by atomic mass is 79.9. The number of hydrogen-bond donors (Lipinski definition) is 0. The summed E-state index contributed by atoms with van der Waals surface area (Å²) in [5.41, 5.74) is 0.125. The molecule has 0 spiro atoms. The number of alkyl halides is 3. The van der Waals surface area contributed by atoms with Crippen molar-refractivity contribution >= 4 is 47.8 Å². The first-order valence-corrected chi connectivity index (χ1v) is 5.58. The molecule has 0 unspecified atom stereocenters. The first kappa shape index (κ1) is 9.44. The van der Waals surface area contributed by atoms with E-state index in [4.69, 9.17) is 0 Å². The van der Waals surface area contributed by atoms with Crippen LogP contribution in [0, 0.1) is 12.3 Å². The lowest BCUT2D eigenvalue weighted by molar-refractivity contribution is 0.590. The first-order chi connectivity index (χ1) is 3.68. The van der Waals surface area contributed by atoms with Crippen LogP contribution < -0.4 is 0 Å². The molecule has 0 aromatic rings. The predicted octanol–water partition coefficient (Wildman–Crippen LogP) is 2.99. The number of halogens is 3. The molecular formula is C5H8Br3. The first-order valence-electron chi connectivity index (χ1n) is 2.22. The molecule has 0 atom stereocenters. The van der Waals surface area contributed by atoms with Crippen LogP contribution in [0.3, 0.4) is 0 Å². The average molecular weight is 308 g/mol. The largest absolute Gasteiger partial charge is 0.0921 e. The van der Waals surface area contributed by atoms with Crippen molar-refractivity contribution in [3.63, 3.8) is 0 Å². The third-order valence-corrected chi connectivity index (χ3v) is 4.42. The third kappa shape index (κ3) is 2.83. The second-order valence-electron chi connectivity index (χ2n) is 1.90. The van der Waals surface area contributed by atoms with Crippen molar-refractivity contribution in [1.29, 1.82) is 0 Å². The van der Waals surface area contributed by atoms with Crippen molar-refractivity contribution in [3.05, 3.63) is 6.92 Å². The molecule has 0 fully saturated rings. The molecule has 0 bridgehead atoms. The second kappa shape index (κ2) is 4.29. The van der Waals surface area contributed by atoms with E-state index in [1.165, 1.54) is 0 Å². The maximum atomic E-state index is 3.98. The highest BCUT2D eigenvalue weighted by Crippen LogP contribution is 2.23. The van der Waals surface area contributed by atoms with E-state index in [0.717, 1.165) is 16.0 Å². The van der Waals surface area contributed by atoms with Gasteiger partial charge < -0.3 is 0 Å². The van der Waals surface area contributed by atoms with Gasteiger partial charge in [-0.15, -0.1) is 0 Å². The molecule has 8 heavy (non-hydrogen) atoms. The third-order valence-electron chi connectivity index (χ3n) is 0.850. The van der Waals surface area contributed by atoms with Gasteiger partial charge in [0, 0.05) is 16.0 Å². The molecule has 0 nitrogen and oxygen atoms in total. The standard InChI is InChI=1S/C5H8Br3/c1-5(2-6,3-7)4-8/h1-4H2. The lowest BCUT2D eigenvalue weighted by Gasteiger charge is -2.20. The van der Waals surface area contributed by atoms with Gasteiger partial charge in [-0.05, 0) is 12.3 Å². The summed E-state index contributed by atoms with van der Waals surface area (Å²) in [6.07, 6.45) is 0. The Morgan fingerprint density at radius 3 is 1.25 bits per heavy atom. The lowest BCUT2D eigenvalue weighted by atomic mass is 10.0. The van der Waals surface area contributed by atoms with Crippen LogP contribution in [0.1, 0.15) is 0 Å². The van der Waals surface area contributed by atoms with Gasteiger partial charge in [0.15, 0.2) is 0 Å². The molecule has 49 valence electrons. The summed E-state index contributed by atoms with van der Waals surface area (Å²) in [4.78, 5) is 0. The van der Waals surface area contributed by atoms with Crippen LogP contribution >= 0.6 is 47.8 Å². The molecule has 0 aliphatic rings. The van der Waals surface area contributed by atoms with Gasteiger partial charge >= 0.3 is 0 Å². The van der Waals surface area contributed by atoms with Crippen LogP contribution in [-0.4, -0.2) is 16.0 Å². The van der Waals surface area contributed by atoms with Gasteiger partial charge in [0.1, 0.15) is 0 Å². The van der Waals surface area contributed by atoms with Crippen molar-refractivity contribution < 1.29 is 0 Å². The summed E-state index contributed by atoms with van der Waals surface area (Å²) in [6, 6.07) is 0. The molecular weight excluding hydrogens is 300 g/mol. The predicted molar refractivity (Wildman–Crippen MR) is 49.2 cm³/mol. The molecule has 0 saturated heterocycles. The quantitative estimate of drug-likeness (QED) is 0.703. The monoisotopic (exact) mass is 305 g/mol. The minimum Gasteiger partial charge on any atom is -0.0921 e. The van der Waals surface area contributed by atoms with E-state index in [-0.39, 0.29) is 5.41 Å². The fraction of sp³-hybridized carbons (Fsp3) is 0.800. The minimum atomic E-state index is 0.125. The summed E-state index contributed by atoms with van der Waals surface area (Å²) in [5, 5.41) is 2.78. The van der Waals surface area contributed by atoms with Crippen LogP contribution in [0.25, 0.3) is 0 Å². The zero-order valence-electron chi connectivity index (χ0n) is 4.46. The molecule has 0 aliphatic heterocycles. The Bertz CT molecular complexity index is 50.4. The van der Waals surface area contributed by atoms with Gasteiger partial charge in [-0.3, -0.25) is 0 Å². The van der Waals surface area contributed by atoms with Crippen molar-refractivity contribution in [2.45, 2.75) is 0 Å². The molecule has 0 heterocycles. The van der Waals surface area contributed by atoms with Crippen molar-refractivity contribution in [2.75, 3.05) is 16.0 Å². The van der Waals surface area contributed by atoms with Gasteiger partial charge in [0.2, 0.25) is 0 Å². The van der Waals surface area contributed by atoms with E-state index in [9.17, 15) is 0 Å². The summed E-state index contributed by atoms with van der Waals surface area (Å²) >= 11 is 10.1. The summed E-state index contributed by atoms with van der Waals surface area (Å²) in [7, 11) is 0. The summed E-state index contributed by atoms with van der Waals surface area (Å²) in [5.74, 6) is 0. The van der Waals surface area contributed by atoms with E-state index >= 15 is 0 Å². The van der Waals surface area contributed by atoms with Crippen molar-refractivity contribution in [3.8, 4) is 0 Å². The fourth-order valence-electron chi connectivity index (χ4n) is 0.107. The van der Waals surface area contributed by atoms with Crippen LogP contribution in [0.2, 0.25) is 0 Å². The van der Waals surface area contributed by atoms with Crippen molar-refractivity contribution in [1.82, 2.24) is 0 Å².